The Labute approximate surface area is 91.5 Å². The normalized spacial score (nSPS) is 18.4. The van der Waals surface area contributed by atoms with Crippen molar-refractivity contribution in [1.29, 1.82) is 0 Å². The Kier molecular flexibility index (Phi) is 3.49. The first kappa shape index (κ1) is 10.1. The summed E-state index contributed by atoms with van der Waals surface area (Å²) in [6.07, 6.45) is 4.13. The van der Waals surface area contributed by atoms with Crippen molar-refractivity contribution in [2.75, 3.05) is 13.1 Å². The van der Waals surface area contributed by atoms with Gasteiger partial charge >= 0.3 is 0 Å². The Bertz CT molecular complexity index is 292. The van der Waals surface area contributed by atoms with Gasteiger partial charge in [-0.3, -0.25) is 4.90 Å². The monoisotopic (exact) mass is 207 g/mol. The maximum absolute atomic E-state index is 4.35. The van der Waals surface area contributed by atoms with Crippen molar-refractivity contribution in [1.82, 2.24) is 4.90 Å². The third-order valence-corrected chi connectivity index (χ3v) is 3.04. The molecule has 1 aliphatic rings. The molecule has 0 aliphatic carbocycles. The molecule has 1 fully saturated rings. The Balaban J connectivity index is 1.95. The zero-order valence-corrected chi connectivity index (χ0v) is 9.34. The van der Waals surface area contributed by atoms with Crippen molar-refractivity contribution < 1.29 is 0 Å². The lowest BCUT2D eigenvalue weighted by Crippen LogP contribution is -2.29. The van der Waals surface area contributed by atoms with Crippen molar-refractivity contribution in [3.8, 4) is 0 Å². The zero-order valence-electron chi connectivity index (χ0n) is 8.45. The molecule has 0 atom stereocenters. The molecule has 0 spiro atoms. The summed E-state index contributed by atoms with van der Waals surface area (Å²) in [6.45, 7) is 3.61. The van der Waals surface area contributed by atoms with Gasteiger partial charge in [-0.15, -0.1) is 12.6 Å². The number of piperidine rings is 1. The van der Waals surface area contributed by atoms with Crippen molar-refractivity contribution in [3.05, 3.63) is 29.8 Å². The highest BCUT2D eigenvalue weighted by Crippen LogP contribution is 2.15. The van der Waals surface area contributed by atoms with Crippen molar-refractivity contribution >= 4 is 12.6 Å². The number of nitrogens with zero attached hydrogens (tertiary/aromatic N) is 1. The Morgan fingerprint density at radius 1 is 1.14 bits per heavy atom. The van der Waals surface area contributed by atoms with Crippen LogP contribution in [0.3, 0.4) is 0 Å². The van der Waals surface area contributed by atoms with E-state index in [4.69, 9.17) is 0 Å². The largest absolute Gasteiger partial charge is 0.299 e. The van der Waals surface area contributed by atoms with Gasteiger partial charge in [-0.05, 0) is 43.6 Å². The van der Waals surface area contributed by atoms with E-state index in [2.05, 4.69) is 35.7 Å². The van der Waals surface area contributed by atoms with Crippen LogP contribution in [0.25, 0.3) is 0 Å². The highest BCUT2D eigenvalue weighted by Gasteiger charge is 2.09. The number of hydrogen-bond acceptors (Lipinski definition) is 2. The maximum atomic E-state index is 4.35. The average molecular weight is 207 g/mol. The zero-order chi connectivity index (χ0) is 9.80. The second kappa shape index (κ2) is 4.85. The van der Waals surface area contributed by atoms with E-state index in [-0.39, 0.29) is 0 Å². The number of benzene rings is 1. The van der Waals surface area contributed by atoms with Gasteiger partial charge in [0.25, 0.3) is 0 Å². The van der Waals surface area contributed by atoms with Gasteiger partial charge in [0, 0.05) is 11.4 Å². The Morgan fingerprint density at radius 2 is 1.93 bits per heavy atom. The third kappa shape index (κ3) is 2.76. The van der Waals surface area contributed by atoms with E-state index in [0.29, 0.717) is 0 Å². The number of hydrogen-bond donors (Lipinski definition) is 1. The van der Waals surface area contributed by atoms with Crippen LogP contribution in [0.15, 0.2) is 29.2 Å². The molecule has 0 saturated carbocycles. The molecular formula is C12H17NS. The first-order valence-corrected chi connectivity index (χ1v) is 5.79. The molecule has 2 heteroatoms. The molecule has 0 amide bonds. The minimum Gasteiger partial charge on any atom is -0.299 e. The van der Waals surface area contributed by atoms with E-state index in [0.717, 1.165) is 11.4 Å². The SMILES string of the molecule is Sc1cccc(CN2CCCCC2)c1. The van der Waals surface area contributed by atoms with Crippen LogP contribution >= 0.6 is 12.6 Å². The summed E-state index contributed by atoms with van der Waals surface area (Å²) in [6, 6.07) is 8.47. The highest BCUT2D eigenvalue weighted by molar-refractivity contribution is 7.80. The minimum atomic E-state index is 1.07. The highest BCUT2D eigenvalue weighted by atomic mass is 32.1. The number of likely N-dealkylation sites (tertiary alicyclic amines) is 1. The third-order valence-electron chi connectivity index (χ3n) is 2.77. The predicted octanol–water partition coefficient (Wildman–Crippen LogP) is 2.96. The molecule has 76 valence electrons. The lowest BCUT2D eigenvalue weighted by atomic mass is 10.1. The molecule has 1 saturated heterocycles. The summed E-state index contributed by atoms with van der Waals surface area (Å²) >= 11 is 4.35. The van der Waals surface area contributed by atoms with Gasteiger partial charge in [0.05, 0.1) is 0 Å². The molecule has 1 aromatic rings. The van der Waals surface area contributed by atoms with E-state index in [1.165, 1.54) is 37.9 Å². The van der Waals surface area contributed by atoms with Gasteiger partial charge in [-0.25, -0.2) is 0 Å². The van der Waals surface area contributed by atoms with E-state index < -0.39 is 0 Å². The summed E-state index contributed by atoms with van der Waals surface area (Å²) in [5.41, 5.74) is 1.39. The Hall–Kier alpha value is -0.470. The molecule has 2 rings (SSSR count). The lowest BCUT2D eigenvalue weighted by Gasteiger charge is -2.26. The lowest BCUT2D eigenvalue weighted by molar-refractivity contribution is 0.221. The van der Waals surface area contributed by atoms with Crippen molar-refractivity contribution in [2.24, 2.45) is 0 Å². The van der Waals surface area contributed by atoms with E-state index in [9.17, 15) is 0 Å². The summed E-state index contributed by atoms with van der Waals surface area (Å²) in [7, 11) is 0. The second-order valence-corrected chi connectivity index (χ2v) is 4.52. The fourth-order valence-corrected chi connectivity index (χ4v) is 2.28. The fraction of sp³-hybridized carbons (Fsp3) is 0.500. The van der Waals surface area contributed by atoms with Crippen LogP contribution < -0.4 is 0 Å². The van der Waals surface area contributed by atoms with Gasteiger partial charge in [0.2, 0.25) is 0 Å². The van der Waals surface area contributed by atoms with E-state index in [1.807, 2.05) is 6.07 Å². The van der Waals surface area contributed by atoms with Crippen LogP contribution in [0.1, 0.15) is 24.8 Å². The molecular weight excluding hydrogens is 190 g/mol. The topological polar surface area (TPSA) is 3.24 Å². The molecule has 0 aromatic heterocycles. The van der Waals surface area contributed by atoms with Gasteiger partial charge in [0.1, 0.15) is 0 Å². The van der Waals surface area contributed by atoms with Gasteiger partial charge in [0.15, 0.2) is 0 Å². The summed E-state index contributed by atoms with van der Waals surface area (Å²) in [4.78, 5) is 3.60. The molecule has 0 bridgehead atoms. The summed E-state index contributed by atoms with van der Waals surface area (Å²) < 4.78 is 0. The van der Waals surface area contributed by atoms with Crippen molar-refractivity contribution in [2.45, 2.75) is 30.7 Å². The quantitative estimate of drug-likeness (QED) is 0.730. The molecule has 0 radical (unpaired) electrons. The van der Waals surface area contributed by atoms with E-state index in [1.54, 1.807) is 0 Å². The smallest absolute Gasteiger partial charge is 0.0234 e. The first-order valence-electron chi connectivity index (χ1n) is 5.35. The van der Waals surface area contributed by atoms with Crippen LogP contribution in [0.5, 0.6) is 0 Å². The van der Waals surface area contributed by atoms with Gasteiger partial charge in [-0.1, -0.05) is 18.6 Å². The molecule has 1 nitrogen and oxygen atoms in total. The molecule has 1 heterocycles. The standard InChI is InChI=1S/C12H17NS/c14-12-6-4-5-11(9-12)10-13-7-2-1-3-8-13/h4-6,9,14H,1-3,7-8,10H2. The maximum Gasteiger partial charge on any atom is 0.0234 e. The van der Waals surface area contributed by atoms with E-state index >= 15 is 0 Å². The molecule has 0 N–H and O–H groups in total. The van der Waals surface area contributed by atoms with Crippen LogP contribution in [0, 0.1) is 0 Å². The van der Waals surface area contributed by atoms with Crippen molar-refractivity contribution in [3.63, 3.8) is 0 Å². The minimum absolute atomic E-state index is 1.07. The van der Waals surface area contributed by atoms with Crippen LogP contribution in [0.4, 0.5) is 0 Å². The van der Waals surface area contributed by atoms with Crippen LogP contribution in [-0.2, 0) is 6.54 Å². The number of thiol groups is 1. The Morgan fingerprint density at radius 3 is 2.64 bits per heavy atom. The predicted molar refractivity (Wildman–Crippen MR) is 62.8 cm³/mol. The van der Waals surface area contributed by atoms with Gasteiger partial charge < -0.3 is 0 Å². The summed E-state index contributed by atoms with van der Waals surface area (Å²) in [5.74, 6) is 0. The molecule has 14 heavy (non-hydrogen) atoms. The molecule has 1 aliphatic heterocycles. The van der Waals surface area contributed by atoms with Crippen LogP contribution in [-0.4, -0.2) is 18.0 Å². The fourth-order valence-electron chi connectivity index (χ4n) is 2.03. The average Bonchev–Trinajstić information content (AvgIpc) is 2.19. The summed E-state index contributed by atoms with van der Waals surface area (Å²) in [5, 5.41) is 0. The first-order chi connectivity index (χ1) is 6.84. The second-order valence-electron chi connectivity index (χ2n) is 4.01. The van der Waals surface area contributed by atoms with Crippen LogP contribution in [0.2, 0.25) is 0 Å². The number of rotatable bonds is 2. The van der Waals surface area contributed by atoms with Gasteiger partial charge in [-0.2, -0.15) is 0 Å². The molecule has 1 aromatic carbocycles. The molecule has 0 unspecified atom stereocenters.